The molecule has 1 saturated carbocycles. The fraction of sp³-hybridized carbons (Fsp3) is 0.750. The van der Waals surface area contributed by atoms with Crippen LogP contribution in [0.1, 0.15) is 38.5 Å². The molecule has 1 saturated heterocycles. The van der Waals surface area contributed by atoms with E-state index in [1.54, 1.807) is 0 Å². The van der Waals surface area contributed by atoms with E-state index in [0.717, 1.165) is 25.7 Å². The van der Waals surface area contributed by atoms with E-state index in [0.29, 0.717) is 11.6 Å². The molecule has 1 aliphatic heterocycles. The number of carbonyl (C=O) groups is 3. The number of imide groups is 1. The van der Waals surface area contributed by atoms with Crippen molar-refractivity contribution in [1.82, 2.24) is 15.7 Å². The van der Waals surface area contributed by atoms with Gasteiger partial charge in [-0.25, -0.2) is 4.79 Å². The van der Waals surface area contributed by atoms with Crippen molar-refractivity contribution in [3.8, 4) is 0 Å². The lowest BCUT2D eigenvalue weighted by molar-refractivity contribution is -0.171. The van der Waals surface area contributed by atoms with Crippen LogP contribution in [0.15, 0.2) is 0 Å². The first-order chi connectivity index (χ1) is 9.06. The Morgan fingerprint density at radius 3 is 2.37 bits per heavy atom. The highest BCUT2D eigenvalue weighted by Gasteiger charge is 2.35. The number of nitrogens with one attached hydrogen (secondary N) is 2. The van der Waals surface area contributed by atoms with Gasteiger partial charge in [0.05, 0.1) is 0 Å². The Hall–Kier alpha value is -1.63. The summed E-state index contributed by atoms with van der Waals surface area (Å²) < 4.78 is 0. The Labute approximate surface area is 111 Å². The summed E-state index contributed by atoms with van der Waals surface area (Å²) in [6, 6.07) is 0. The molecule has 0 radical (unpaired) electrons. The highest BCUT2D eigenvalue weighted by molar-refractivity contribution is 6.01. The molecule has 0 spiro atoms. The molecule has 0 aromatic heterocycles. The average molecular weight is 269 g/mol. The van der Waals surface area contributed by atoms with Gasteiger partial charge in [-0.15, -0.1) is 5.06 Å². The van der Waals surface area contributed by atoms with Crippen molar-refractivity contribution in [3.05, 3.63) is 0 Å². The van der Waals surface area contributed by atoms with E-state index in [-0.39, 0.29) is 18.4 Å². The van der Waals surface area contributed by atoms with Crippen molar-refractivity contribution >= 4 is 17.9 Å². The molecule has 0 atom stereocenters. The molecule has 7 nitrogen and oxygen atoms in total. The number of hydroxylamine groups is 2. The fourth-order valence-corrected chi connectivity index (χ4v) is 2.58. The van der Waals surface area contributed by atoms with Gasteiger partial charge < -0.3 is 15.5 Å². The molecule has 0 aromatic rings. The van der Waals surface area contributed by atoms with Crippen LogP contribution in [-0.4, -0.2) is 42.1 Å². The first kappa shape index (κ1) is 13.8. The Kier molecular flexibility index (Phi) is 4.04. The summed E-state index contributed by atoms with van der Waals surface area (Å²) in [5.74, 6) is -0.936. The largest absolute Gasteiger partial charge is 0.432 e. The van der Waals surface area contributed by atoms with Crippen LogP contribution in [-0.2, 0) is 14.4 Å². The van der Waals surface area contributed by atoms with Crippen LogP contribution in [0.4, 0.5) is 4.79 Å². The van der Waals surface area contributed by atoms with Crippen LogP contribution in [0.25, 0.3) is 0 Å². The van der Waals surface area contributed by atoms with Crippen molar-refractivity contribution in [1.29, 1.82) is 0 Å². The van der Waals surface area contributed by atoms with E-state index < -0.39 is 17.9 Å². The van der Waals surface area contributed by atoms with E-state index in [9.17, 15) is 14.4 Å². The second kappa shape index (κ2) is 5.56. The minimum atomic E-state index is -0.759. The van der Waals surface area contributed by atoms with Gasteiger partial charge >= 0.3 is 6.09 Å². The first-order valence-electron chi connectivity index (χ1n) is 6.57. The zero-order chi connectivity index (χ0) is 13.9. The molecule has 1 heterocycles. The van der Waals surface area contributed by atoms with Gasteiger partial charge in [0.25, 0.3) is 11.8 Å². The van der Waals surface area contributed by atoms with Crippen LogP contribution in [0.5, 0.6) is 0 Å². The Morgan fingerprint density at radius 2 is 1.84 bits per heavy atom. The second-order valence-corrected chi connectivity index (χ2v) is 5.05. The van der Waals surface area contributed by atoms with E-state index in [1.165, 1.54) is 0 Å². The summed E-state index contributed by atoms with van der Waals surface area (Å²) in [5.41, 5.74) is -0.0992. The van der Waals surface area contributed by atoms with Crippen LogP contribution in [0.3, 0.4) is 0 Å². The standard InChI is InChI=1S/C12H19N3O4/c1-13-12(6-2-3-7-12)8-14-11(18)19-15-9(16)4-5-10(15)17/h13H,2-8H2,1H3,(H,14,18). The molecule has 19 heavy (non-hydrogen) atoms. The van der Waals surface area contributed by atoms with Gasteiger partial charge in [-0.1, -0.05) is 12.8 Å². The Balaban J connectivity index is 1.81. The van der Waals surface area contributed by atoms with E-state index in [4.69, 9.17) is 4.84 Å². The molecule has 0 unspecified atom stereocenters. The highest BCUT2D eigenvalue weighted by atomic mass is 16.7. The molecule has 1 aliphatic carbocycles. The number of likely N-dealkylation sites (N-methyl/N-ethyl adjacent to an activating group) is 1. The van der Waals surface area contributed by atoms with Crippen LogP contribution < -0.4 is 10.6 Å². The van der Waals surface area contributed by atoms with Crippen LogP contribution in [0.2, 0.25) is 0 Å². The smallest absolute Gasteiger partial charge is 0.318 e. The third-order valence-corrected chi connectivity index (χ3v) is 3.84. The lowest BCUT2D eigenvalue weighted by Crippen LogP contribution is -2.51. The summed E-state index contributed by atoms with van der Waals surface area (Å²) in [7, 11) is 1.87. The van der Waals surface area contributed by atoms with E-state index in [2.05, 4.69) is 10.6 Å². The zero-order valence-electron chi connectivity index (χ0n) is 11.0. The van der Waals surface area contributed by atoms with Crippen molar-refractivity contribution in [2.24, 2.45) is 0 Å². The summed E-state index contributed by atoms with van der Waals surface area (Å²) in [4.78, 5) is 38.9. The molecule has 2 rings (SSSR count). The minimum absolute atomic E-state index is 0.0992. The van der Waals surface area contributed by atoms with Gasteiger partial charge in [-0.05, 0) is 19.9 Å². The zero-order valence-corrected chi connectivity index (χ0v) is 11.0. The quantitative estimate of drug-likeness (QED) is 0.717. The number of hydrogen-bond donors (Lipinski definition) is 2. The van der Waals surface area contributed by atoms with Crippen molar-refractivity contribution in [3.63, 3.8) is 0 Å². The van der Waals surface area contributed by atoms with Crippen molar-refractivity contribution in [2.45, 2.75) is 44.1 Å². The van der Waals surface area contributed by atoms with Gasteiger partial charge in [0.2, 0.25) is 0 Å². The molecule has 7 heteroatoms. The molecule has 106 valence electrons. The molecule has 0 bridgehead atoms. The summed E-state index contributed by atoms with van der Waals surface area (Å²) in [6.45, 7) is 0.429. The highest BCUT2D eigenvalue weighted by Crippen LogP contribution is 2.28. The SMILES string of the molecule is CNC1(CNC(=O)ON2C(=O)CCC2=O)CCCC1. The number of hydrogen-bond acceptors (Lipinski definition) is 5. The number of amides is 3. The summed E-state index contributed by atoms with van der Waals surface area (Å²) in [5, 5.41) is 6.39. The third kappa shape index (κ3) is 3.04. The molecule has 3 amide bonds. The van der Waals surface area contributed by atoms with Crippen LogP contribution >= 0.6 is 0 Å². The lowest BCUT2D eigenvalue weighted by atomic mass is 9.98. The molecular weight excluding hydrogens is 250 g/mol. The maximum absolute atomic E-state index is 11.6. The Bertz CT molecular complexity index is 374. The topological polar surface area (TPSA) is 87.7 Å². The second-order valence-electron chi connectivity index (χ2n) is 5.05. The lowest BCUT2D eigenvalue weighted by Gasteiger charge is -2.28. The van der Waals surface area contributed by atoms with Gasteiger partial charge in [0, 0.05) is 24.9 Å². The van der Waals surface area contributed by atoms with Gasteiger partial charge in [0.1, 0.15) is 0 Å². The van der Waals surface area contributed by atoms with E-state index >= 15 is 0 Å². The fourth-order valence-electron chi connectivity index (χ4n) is 2.58. The van der Waals surface area contributed by atoms with Gasteiger partial charge in [-0.3, -0.25) is 9.59 Å². The number of nitrogens with zero attached hydrogens (tertiary/aromatic N) is 1. The number of carbonyl (C=O) groups excluding carboxylic acids is 3. The first-order valence-corrected chi connectivity index (χ1v) is 6.57. The maximum atomic E-state index is 11.6. The number of rotatable bonds is 4. The van der Waals surface area contributed by atoms with E-state index in [1.807, 2.05) is 7.05 Å². The van der Waals surface area contributed by atoms with Gasteiger partial charge in [0.15, 0.2) is 0 Å². The molecule has 0 aromatic carbocycles. The van der Waals surface area contributed by atoms with Crippen LogP contribution in [0, 0.1) is 0 Å². The minimum Gasteiger partial charge on any atom is -0.318 e. The summed E-state index contributed by atoms with van der Waals surface area (Å²) >= 11 is 0. The van der Waals surface area contributed by atoms with Crippen molar-refractivity contribution in [2.75, 3.05) is 13.6 Å². The molecule has 2 fully saturated rings. The average Bonchev–Trinajstić information content (AvgIpc) is 2.99. The monoisotopic (exact) mass is 269 g/mol. The Morgan fingerprint density at radius 1 is 1.26 bits per heavy atom. The van der Waals surface area contributed by atoms with Gasteiger partial charge in [-0.2, -0.15) is 0 Å². The maximum Gasteiger partial charge on any atom is 0.432 e. The molecule has 2 aliphatic rings. The predicted molar refractivity (Wildman–Crippen MR) is 65.8 cm³/mol. The molecule has 2 N–H and O–H groups in total. The normalized spacial score (nSPS) is 21.8. The third-order valence-electron chi connectivity index (χ3n) is 3.84. The molecular formula is C12H19N3O4. The summed E-state index contributed by atoms with van der Waals surface area (Å²) in [6.07, 6.45) is 3.68. The predicted octanol–water partition coefficient (Wildman–Crippen LogP) is 0.309. The van der Waals surface area contributed by atoms with Crippen molar-refractivity contribution < 1.29 is 19.2 Å².